The van der Waals surface area contributed by atoms with Crippen molar-refractivity contribution in [2.75, 3.05) is 0 Å². The summed E-state index contributed by atoms with van der Waals surface area (Å²) in [4.78, 5) is 3.35. The van der Waals surface area contributed by atoms with Gasteiger partial charge in [0.25, 0.3) is 0 Å². The third kappa shape index (κ3) is 17.9. The zero-order chi connectivity index (χ0) is 53.4. The minimum atomic E-state index is -5.27. The summed E-state index contributed by atoms with van der Waals surface area (Å²) in [7, 11) is -10.7. The summed E-state index contributed by atoms with van der Waals surface area (Å²) in [6.07, 6.45) is -20.2. The maximum Gasteiger partial charge on any atom is 2.00 e. The summed E-state index contributed by atoms with van der Waals surface area (Å²) in [5, 5.41) is 14.6. The second-order valence-electron chi connectivity index (χ2n) is 14.9. The van der Waals surface area contributed by atoms with Crippen LogP contribution in [0.1, 0.15) is 27.8 Å². The third-order valence-corrected chi connectivity index (χ3v) is 15.4. The van der Waals surface area contributed by atoms with E-state index in [0.717, 1.165) is 29.7 Å². The van der Waals surface area contributed by atoms with Crippen LogP contribution >= 0.6 is 53.1 Å². The Kier molecular flexibility index (Phi) is 24.9. The first-order valence-electron chi connectivity index (χ1n) is 19.6. The quantitative estimate of drug-likeness (QED) is 0.0293. The van der Waals surface area contributed by atoms with Crippen LogP contribution in [-0.2, 0) is 61.4 Å². The van der Waals surface area contributed by atoms with E-state index in [9.17, 15) is 83.7 Å². The SMILES string of the molecule is O=S(=O)([O-])c1cccc(P(c2ccccc2)c2cccc(S(=O)(=O)[O-])c2)c1.[CH3-].[Na+].[Na+].[Ni+2].[O-]c1c(I)cc(I)cc1C=Nc1c(-c2cc(C(F)(F)F)cc(C(F)(F)F)c2)cccc1-c1cc(C(F)(F)F)cc(C(F)(F)F)c1. The minimum absolute atomic E-state index is 0. The van der Waals surface area contributed by atoms with Crippen LogP contribution in [0.25, 0.3) is 22.3 Å². The molecule has 0 unspecified atom stereocenters. The first kappa shape index (κ1) is 69.5. The van der Waals surface area contributed by atoms with Crippen molar-refractivity contribution in [3.8, 4) is 28.0 Å². The molecule has 7 aromatic carbocycles. The van der Waals surface area contributed by atoms with Gasteiger partial charge in [-0.25, -0.2) is 16.8 Å². The molecule has 0 aliphatic carbocycles. The second kappa shape index (κ2) is 27.2. The van der Waals surface area contributed by atoms with Gasteiger partial charge in [0.15, 0.2) is 0 Å². The predicted molar refractivity (Wildman–Crippen MR) is 263 cm³/mol. The smallest absolute Gasteiger partial charge is 0.871 e. The van der Waals surface area contributed by atoms with Crippen molar-refractivity contribution >= 4 is 101 Å². The molecule has 0 aliphatic rings. The van der Waals surface area contributed by atoms with Crippen molar-refractivity contribution in [1.82, 2.24) is 0 Å². The molecule has 0 aromatic heterocycles. The maximum atomic E-state index is 13.7. The monoisotopic (exact) mass is 1410 g/mol. The fraction of sp³-hybridized carbons (Fsp3) is 0.0833. The fourth-order valence-electron chi connectivity index (χ4n) is 6.76. The van der Waals surface area contributed by atoms with Crippen molar-refractivity contribution in [3.05, 3.63) is 188 Å². The number of hydrogen-bond donors (Lipinski definition) is 0. The van der Waals surface area contributed by atoms with Crippen LogP contribution in [0.15, 0.2) is 160 Å². The van der Waals surface area contributed by atoms with Crippen molar-refractivity contribution < 1.29 is 159 Å². The van der Waals surface area contributed by atoms with Crippen LogP contribution in [0.3, 0.4) is 0 Å². The molecule has 0 fully saturated rings. The molecule has 76 heavy (non-hydrogen) atoms. The Labute approximate surface area is 510 Å². The van der Waals surface area contributed by atoms with Crippen LogP contribution in [0, 0.1) is 14.6 Å². The van der Waals surface area contributed by atoms with Crippen LogP contribution in [0.5, 0.6) is 5.75 Å². The number of aliphatic imine (C=N–C) groups is 1. The standard InChI is InChI=1S/C29H13F12I2NO.C18H15O6PS2.CH3.2Na.Ni/c30-26(31,32)16-4-13(5-17(9-16)27(33,34)35)21-2-1-3-22(24(21)44-12-15-8-20(42)11-23(43)25(15)45)14-6-18(28(36,37)38)10-19(7-14)29(39,40)41;19-26(20,21)17-10-4-8-15(12-17)25(14-6-2-1-3-7-14)16-9-5-11-18(13-16)27(22,23)24;;;;/h1-12,45H;1-13H,(H,19,20,21)(H,22,23,24);1H3;;;/q;;-1;2*+1;+2/p-3. The molecule has 0 bridgehead atoms. The van der Waals surface area contributed by atoms with Crippen LogP contribution in [0.4, 0.5) is 58.4 Å². The molecule has 7 rings (SSSR count). The zero-order valence-electron chi connectivity index (χ0n) is 38.6. The largest absolute Gasteiger partial charge is 2.00 e. The Morgan fingerprint density at radius 3 is 1.20 bits per heavy atom. The molecule has 0 spiro atoms. The summed E-state index contributed by atoms with van der Waals surface area (Å²) in [5.41, 5.74) is -10.1. The average Bonchev–Trinajstić information content (AvgIpc) is 3.28. The number of nitrogens with zero attached hydrogens (tertiary/aromatic N) is 1. The van der Waals surface area contributed by atoms with Crippen molar-refractivity contribution in [3.63, 3.8) is 0 Å². The van der Waals surface area contributed by atoms with Gasteiger partial charge in [-0.05, 0) is 159 Å². The van der Waals surface area contributed by atoms with E-state index >= 15 is 0 Å². The number of hydrogen-bond acceptors (Lipinski definition) is 8. The molecule has 0 amide bonds. The van der Waals surface area contributed by atoms with Gasteiger partial charge in [0.05, 0.1) is 37.7 Å². The van der Waals surface area contributed by atoms with Crippen LogP contribution in [0.2, 0.25) is 0 Å². The van der Waals surface area contributed by atoms with Gasteiger partial charge in [-0.1, -0.05) is 78.5 Å². The Balaban J connectivity index is 0.000000549. The number of para-hydroxylation sites is 1. The zero-order valence-corrected chi connectivity index (χ0v) is 50.4. The van der Waals surface area contributed by atoms with Gasteiger partial charge in [-0.15, -0.1) is 0 Å². The molecular weight excluding hydrogens is 1380 g/mol. The number of rotatable bonds is 9. The maximum absolute atomic E-state index is 13.7. The molecule has 8 nitrogen and oxygen atoms in total. The van der Waals surface area contributed by atoms with E-state index in [1.165, 1.54) is 48.5 Å². The van der Waals surface area contributed by atoms with Crippen molar-refractivity contribution in [1.29, 1.82) is 0 Å². The normalized spacial score (nSPS) is 12.1. The van der Waals surface area contributed by atoms with E-state index in [-0.39, 0.29) is 114 Å². The predicted octanol–water partition coefficient (Wildman–Crippen LogP) is 6.84. The molecule has 28 heteroatoms. The van der Waals surface area contributed by atoms with E-state index < -0.39 is 109 Å². The van der Waals surface area contributed by atoms with Gasteiger partial charge in [-0.3, -0.25) is 4.99 Å². The molecule has 0 heterocycles. The number of benzene rings is 7. The third-order valence-electron chi connectivity index (χ3n) is 9.95. The summed E-state index contributed by atoms with van der Waals surface area (Å²) in [6.45, 7) is 0. The Bertz CT molecular complexity index is 3220. The Morgan fingerprint density at radius 2 is 0.842 bits per heavy atom. The molecule has 0 aliphatic heterocycles. The van der Waals surface area contributed by atoms with E-state index in [1.54, 1.807) is 46.9 Å². The summed E-state index contributed by atoms with van der Waals surface area (Å²) < 4.78 is 233. The summed E-state index contributed by atoms with van der Waals surface area (Å²) in [6, 6.07) is 27.3. The Hall–Kier alpha value is -2.63. The van der Waals surface area contributed by atoms with Gasteiger partial charge < -0.3 is 21.6 Å². The van der Waals surface area contributed by atoms with Crippen LogP contribution < -0.4 is 80.1 Å². The van der Waals surface area contributed by atoms with Gasteiger partial charge in [0.2, 0.25) is 0 Å². The van der Waals surface area contributed by atoms with E-state index in [0.29, 0.717) is 38.4 Å². The van der Waals surface area contributed by atoms with Gasteiger partial charge in [-0.2, -0.15) is 52.7 Å². The number of halogens is 14. The van der Waals surface area contributed by atoms with Crippen molar-refractivity contribution in [2.24, 2.45) is 4.99 Å². The van der Waals surface area contributed by atoms with Gasteiger partial charge >= 0.3 is 100 Å². The average molecular weight is 1410 g/mol. The first-order chi connectivity index (χ1) is 33.2. The van der Waals surface area contributed by atoms with Gasteiger partial charge in [0.1, 0.15) is 20.2 Å². The first-order valence-corrected chi connectivity index (χ1v) is 25.9. The molecule has 394 valence electrons. The molecule has 0 radical (unpaired) electrons. The van der Waals surface area contributed by atoms with Gasteiger partial charge in [0, 0.05) is 24.5 Å². The van der Waals surface area contributed by atoms with Crippen LogP contribution in [-0.4, -0.2) is 32.2 Å². The molecular formula is C48H28F12I2NNa2NiO7PS2. The Morgan fingerprint density at radius 1 is 0.487 bits per heavy atom. The molecule has 7 aromatic rings. The molecule has 0 saturated carbocycles. The molecule has 0 atom stereocenters. The van der Waals surface area contributed by atoms with E-state index in [4.69, 9.17) is 0 Å². The molecule has 0 N–H and O–H groups in total. The minimum Gasteiger partial charge on any atom is -0.871 e. The van der Waals surface area contributed by atoms with E-state index in [2.05, 4.69) is 4.99 Å². The summed E-state index contributed by atoms with van der Waals surface area (Å²) >= 11 is 3.55. The number of alkyl halides is 12. The second-order valence-corrected chi connectivity index (χ2v) is 22.3. The topological polar surface area (TPSA) is 150 Å². The van der Waals surface area contributed by atoms with E-state index in [1.807, 2.05) is 40.8 Å². The van der Waals surface area contributed by atoms with Crippen molar-refractivity contribution in [2.45, 2.75) is 34.5 Å². The fourth-order valence-corrected chi connectivity index (χ4v) is 12.2. The molecule has 0 saturated heterocycles. The summed E-state index contributed by atoms with van der Waals surface area (Å²) in [5.74, 6) is -0.587.